The van der Waals surface area contributed by atoms with Crippen LogP contribution in [0.1, 0.15) is 66.6 Å². The SMILES string of the molecule is CCCn1c(=O)[nH]c(=O)c2c(C(=O)N(Cc3ccccc3)C3CC3)cc(C3CC3)nc21. The number of hydrogen-bond acceptors (Lipinski definition) is 4. The molecular weight excluding hydrogens is 392 g/mol. The Morgan fingerprint density at radius 3 is 2.55 bits per heavy atom. The van der Waals surface area contributed by atoms with Crippen molar-refractivity contribution in [2.24, 2.45) is 0 Å². The average molecular weight is 418 g/mol. The molecule has 1 N–H and O–H groups in total. The molecule has 7 nitrogen and oxygen atoms in total. The van der Waals surface area contributed by atoms with Crippen molar-refractivity contribution < 1.29 is 4.79 Å². The molecule has 0 bridgehead atoms. The molecule has 5 rings (SSSR count). The fourth-order valence-electron chi connectivity index (χ4n) is 4.17. The maximum Gasteiger partial charge on any atom is 0.329 e. The van der Waals surface area contributed by atoms with Gasteiger partial charge in [0.15, 0.2) is 5.65 Å². The Labute approximate surface area is 179 Å². The summed E-state index contributed by atoms with van der Waals surface area (Å²) in [6, 6.07) is 11.9. The van der Waals surface area contributed by atoms with Crippen molar-refractivity contribution in [2.75, 3.05) is 0 Å². The lowest BCUT2D eigenvalue weighted by Crippen LogP contribution is -2.36. The highest BCUT2D eigenvalue weighted by atomic mass is 16.2. The Hall–Kier alpha value is -3.22. The van der Waals surface area contributed by atoms with E-state index in [1.807, 2.05) is 42.2 Å². The molecule has 31 heavy (non-hydrogen) atoms. The number of H-pyrrole nitrogens is 1. The Morgan fingerprint density at radius 2 is 1.90 bits per heavy atom. The molecule has 0 atom stereocenters. The molecule has 0 unspecified atom stereocenters. The predicted molar refractivity (Wildman–Crippen MR) is 118 cm³/mol. The number of amides is 1. The number of hydrogen-bond donors (Lipinski definition) is 1. The van der Waals surface area contributed by atoms with Gasteiger partial charge in [-0.05, 0) is 43.7 Å². The number of pyridine rings is 1. The number of aryl methyl sites for hydroxylation is 1. The summed E-state index contributed by atoms with van der Waals surface area (Å²) in [4.78, 5) is 48.1. The molecule has 2 aromatic heterocycles. The number of carbonyl (C=O) groups is 1. The van der Waals surface area contributed by atoms with Gasteiger partial charge >= 0.3 is 5.69 Å². The van der Waals surface area contributed by atoms with Gasteiger partial charge in [-0.2, -0.15) is 0 Å². The van der Waals surface area contributed by atoms with E-state index in [0.717, 1.165) is 43.4 Å². The van der Waals surface area contributed by atoms with E-state index in [0.29, 0.717) is 30.2 Å². The molecular formula is C24H26N4O3. The molecule has 0 spiro atoms. The summed E-state index contributed by atoms with van der Waals surface area (Å²) in [5.41, 5.74) is 1.55. The maximum absolute atomic E-state index is 13.8. The zero-order valence-electron chi connectivity index (χ0n) is 17.6. The first-order valence-electron chi connectivity index (χ1n) is 11.1. The zero-order chi connectivity index (χ0) is 21.5. The first kappa shape index (κ1) is 19.7. The van der Waals surface area contributed by atoms with E-state index in [1.165, 1.54) is 4.57 Å². The molecule has 2 saturated carbocycles. The number of benzene rings is 1. The van der Waals surface area contributed by atoms with E-state index in [-0.39, 0.29) is 17.3 Å². The minimum Gasteiger partial charge on any atom is -0.331 e. The van der Waals surface area contributed by atoms with Crippen molar-refractivity contribution in [2.45, 2.75) is 64.1 Å². The van der Waals surface area contributed by atoms with Crippen LogP contribution in [-0.4, -0.2) is 31.4 Å². The van der Waals surface area contributed by atoms with Crippen LogP contribution in [0.3, 0.4) is 0 Å². The smallest absolute Gasteiger partial charge is 0.329 e. The fraction of sp³-hybridized carbons (Fsp3) is 0.417. The third-order valence-electron chi connectivity index (χ3n) is 6.09. The first-order valence-corrected chi connectivity index (χ1v) is 11.1. The fourth-order valence-corrected chi connectivity index (χ4v) is 4.17. The molecule has 2 heterocycles. The highest BCUT2D eigenvalue weighted by Gasteiger charge is 2.35. The van der Waals surface area contributed by atoms with Crippen molar-refractivity contribution >= 4 is 16.9 Å². The molecule has 2 fully saturated rings. The van der Waals surface area contributed by atoms with E-state index < -0.39 is 11.2 Å². The predicted octanol–water partition coefficient (Wildman–Crippen LogP) is 3.18. The lowest BCUT2D eigenvalue weighted by Gasteiger charge is -2.24. The van der Waals surface area contributed by atoms with Gasteiger partial charge in [0.1, 0.15) is 0 Å². The molecule has 0 aliphatic heterocycles. The second-order valence-corrected chi connectivity index (χ2v) is 8.63. The van der Waals surface area contributed by atoms with Crippen LogP contribution in [0.15, 0.2) is 46.0 Å². The summed E-state index contributed by atoms with van der Waals surface area (Å²) in [5, 5.41) is 0.223. The van der Waals surface area contributed by atoms with Crippen molar-refractivity contribution in [1.82, 2.24) is 19.4 Å². The third kappa shape index (κ3) is 3.80. The molecule has 0 saturated heterocycles. The number of aromatic nitrogens is 3. The van der Waals surface area contributed by atoms with Gasteiger partial charge in [-0.1, -0.05) is 37.3 Å². The molecule has 1 amide bonds. The molecule has 160 valence electrons. The van der Waals surface area contributed by atoms with Gasteiger partial charge in [0, 0.05) is 30.7 Å². The van der Waals surface area contributed by atoms with Crippen LogP contribution >= 0.6 is 0 Å². The van der Waals surface area contributed by atoms with Crippen LogP contribution < -0.4 is 11.2 Å². The van der Waals surface area contributed by atoms with Crippen molar-refractivity contribution in [1.29, 1.82) is 0 Å². The van der Waals surface area contributed by atoms with Crippen molar-refractivity contribution in [3.8, 4) is 0 Å². The summed E-state index contributed by atoms with van der Waals surface area (Å²) in [5.74, 6) is 0.136. The number of nitrogens with one attached hydrogen (secondary N) is 1. The van der Waals surface area contributed by atoms with Gasteiger partial charge in [-0.25, -0.2) is 9.78 Å². The Kier molecular flexibility index (Phi) is 4.96. The minimum absolute atomic E-state index is 0.159. The highest BCUT2D eigenvalue weighted by molar-refractivity contribution is 6.05. The van der Waals surface area contributed by atoms with Gasteiger partial charge in [-0.3, -0.25) is 19.1 Å². The van der Waals surface area contributed by atoms with Gasteiger partial charge in [0.05, 0.1) is 10.9 Å². The van der Waals surface area contributed by atoms with Crippen LogP contribution in [-0.2, 0) is 13.1 Å². The standard InChI is InChI=1S/C24H26N4O3/c1-2-12-27-21-20(22(29)26-24(27)31)18(13-19(25-21)16-8-9-16)23(30)28(17-10-11-17)14-15-6-4-3-5-7-15/h3-7,13,16-17H,2,8-12,14H2,1H3,(H,26,29,31). The van der Waals surface area contributed by atoms with Crippen LogP contribution in [0.25, 0.3) is 11.0 Å². The Balaban J connectivity index is 1.67. The topological polar surface area (TPSA) is 88.1 Å². The monoisotopic (exact) mass is 418 g/mol. The van der Waals surface area contributed by atoms with E-state index in [9.17, 15) is 14.4 Å². The Bertz CT molecular complexity index is 1250. The van der Waals surface area contributed by atoms with Gasteiger partial charge in [0.2, 0.25) is 0 Å². The number of carbonyl (C=O) groups excluding carboxylic acids is 1. The van der Waals surface area contributed by atoms with Gasteiger partial charge in [-0.15, -0.1) is 0 Å². The van der Waals surface area contributed by atoms with Crippen molar-refractivity contribution in [3.05, 3.63) is 74.1 Å². The number of rotatable bonds is 7. The van der Waals surface area contributed by atoms with Gasteiger partial charge < -0.3 is 4.90 Å². The molecule has 0 radical (unpaired) electrons. The summed E-state index contributed by atoms with van der Waals surface area (Å²) in [7, 11) is 0. The number of aromatic amines is 1. The van der Waals surface area contributed by atoms with Crippen molar-refractivity contribution in [3.63, 3.8) is 0 Å². The summed E-state index contributed by atoms with van der Waals surface area (Å²) >= 11 is 0. The summed E-state index contributed by atoms with van der Waals surface area (Å²) in [6.45, 7) is 2.91. The van der Waals surface area contributed by atoms with E-state index >= 15 is 0 Å². The Morgan fingerprint density at radius 1 is 1.16 bits per heavy atom. The van der Waals surface area contributed by atoms with E-state index in [1.54, 1.807) is 6.07 Å². The molecule has 2 aliphatic carbocycles. The lowest BCUT2D eigenvalue weighted by molar-refractivity contribution is 0.0731. The molecule has 1 aromatic carbocycles. The van der Waals surface area contributed by atoms with E-state index in [2.05, 4.69) is 4.98 Å². The number of fused-ring (bicyclic) bond motifs is 1. The summed E-state index contributed by atoms with van der Waals surface area (Å²) in [6.07, 6.45) is 4.69. The quantitative estimate of drug-likeness (QED) is 0.638. The average Bonchev–Trinajstić information content (AvgIpc) is 3.67. The lowest BCUT2D eigenvalue weighted by atomic mass is 10.1. The van der Waals surface area contributed by atoms with Crippen LogP contribution in [0.5, 0.6) is 0 Å². The molecule has 7 heteroatoms. The molecule has 2 aliphatic rings. The normalized spacial score (nSPS) is 15.9. The van der Waals surface area contributed by atoms with Crippen LogP contribution in [0.2, 0.25) is 0 Å². The minimum atomic E-state index is -0.541. The third-order valence-corrected chi connectivity index (χ3v) is 6.09. The highest BCUT2D eigenvalue weighted by Crippen LogP contribution is 2.40. The number of nitrogens with zero attached hydrogens (tertiary/aromatic N) is 3. The molecule has 3 aromatic rings. The summed E-state index contributed by atoms with van der Waals surface area (Å²) < 4.78 is 1.50. The zero-order valence-corrected chi connectivity index (χ0v) is 17.6. The second-order valence-electron chi connectivity index (χ2n) is 8.63. The largest absolute Gasteiger partial charge is 0.331 e. The second kappa shape index (κ2) is 7.80. The van der Waals surface area contributed by atoms with E-state index in [4.69, 9.17) is 4.98 Å². The van der Waals surface area contributed by atoms with Crippen LogP contribution in [0.4, 0.5) is 0 Å². The maximum atomic E-state index is 13.8. The van der Waals surface area contributed by atoms with Gasteiger partial charge in [0.25, 0.3) is 11.5 Å². The first-order chi connectivity index (χ1) is 15.1. The van der Waals surface area contributed by atoms with Crippen LogP contribution in [0, 0.1) is 0 Å².